The lowest BCUT2D eigenvalue weighted by Crippen LogP contribution is -2.09. The number of hydrogen-bond donors (Lipinski definition) is 0. The average molecular weight is 218 g/mol. The largest absolute Gasteiger partial charge is 0.491 e. The lowest BCUT2D eigenvalue weighted by molar-refractivity contribution is 0.217. The van der Waals surface area contributed by atoms with E-state index < -0.39 is 0 Å². The van der Waals surface area contributed by atoms with Gasteiger partial charge in [0.2, 0.25) is 0 Å². The van der Waals surface area contributed by atoms with Gasteiger partial charge >= 0.3 is 0 Å². The molecule has 0 N–H and O–H groups in total. The first kappa shape index (κ1) is 10.6. The summed E-state index contributed by atoms with van der Waals surface area (Å²) in [5.74, 6) is 0.867. The molecule has 16 heavy (non-hydrogen) atoms. The Balaban J connectivity index is 2.11. The quantitative estimate of drug-likeness (QED) is 0.785. The maximum Gasteiger partial charge on any atom is 0.143 e. The number of ether oxygens (including phenoxy) is 1. The molecule has 0 amide bonds. The van der Waals surface area contributed by atoms with Gasteiger partial charge in [-0.25, -0.2) is 4.68 Å². The summed E-state index contributed by atoms with van der Waals surface area (Å²) >= 11 is 0. The van der Waals surface area contributed by atoms with Crippen LogP contribution < -0.4 is 4.74 Å². The summed E-state index contributed by atoms with van der Waals surface area (Å²) in [6, 6.07) is 7.69. The van der Waals surface area contributed by atoms with Crippen LogP contribution >= 0.6 is 0 Å². The maximum atomic E-state index is 5.67. The lowest BCUT2D eigenvalue weighted by atomic mass is 10.3. The van der Waals surface area contributed by atoms with Gasteiger partial charge in [0.25, 0.3) is 0 Å². The van der Waals surface area contributed by atoms with Gasteiger partial charge in [-0.15, -0.1) is 5.10 Å². The van der Waals surface area contributed by atoms with E-state index in [2.05, 4.69) is 29.4 Å². The Hall–Kier alpha value is -1.91. The van der Waals surface area contributed by atoms with Crippen molar-refractivity contribution in [3.63, 3.8) is 0 Å². The van der Waals surface area contributed by atoms with Crippen LogP contribution in [0, 0.1) is 0 Å². The maximum absolute atomic E-state index is 5.67. The molecule has 2 aromatic rings. The van der Waals surface area contributed by atoms with Crippen molar-refractivity contribution in [1.82, 2.24) is 20.2 Å². The van der Waals surface area contributed by atoms with Crippen LogP contribution in [0.2, 0.25) is 0 Å². The molecule has 0 radical (unpaired) electrons. The molecule has 5 heteroatoms. The highest BCUT2D eigenvalue weighted by molar-refractivity contribution is 5.36. The Morgan fingerprint density at radius 1 is 1.31 bits per heavy atom. The summed E-state index contributed by atoms with van der Waals surface area (Å²) in [5, 5.41) is 11.0. The van der Waals surface area contributed by atoms with Crippen molar-refractivity contribution in [2.75, 3.05) is 0 Å². The predicted octanol–water partition coefficient (Wildman–Crippen LogP) is 1.84. The van der Waals surface area contributed by atoms with Crippen molar-refractivity contribution >= 4 is 0 Å². The van der Waals surface area contributed by atoms with E-state index in [1.807, 2.05) is 24.3 Å². The van der Waals surface area contributed by atoms with Gasteiger partial charge in [-0.3, -0.25) is 0 Å². The molecule has 0 aliphatic heterocycles. The van der Waals surface area contributed by atoms with Gasteiger partial charge in [0, 0.05) is 0 Å². The number of tetrazole rings is 1. The molecule has 84 valence electrons. The van der Waals surface area contributed by atoms with E-state index in [0.29, 0.717) is 0 Å². The fourth-order valence-corrected chi connectivity index (χ4v) is 1.27. The van der Waals surface area contributed by atoms with E-state index in [1.165, 1.54) is 0 Å². The number of nitrogens with zero attached hydrogens (tertiary/aromatic N) is 4. The summed E-state index contributed by atoms with van der Waals surface area (Å²) in [7, 11) is 0. The molecule has 1 aromatic heterocycles. The molecule has 5 nitrogen and oxygen atoms in total. The third kappa shape index (κ3) is 2.36. The molecule has 1 aromatic carbocycles. The van der Waals surface area contributed by atoms with Gasteiger partial charge in [-0.05, 0) is 48.0 Å². The van der Waals surface area contributed by atoms with Crippen LogP contribution in [0.25, 0.3) is 5.69 Å². The average Bonchev–Trinajstić information content (AvgIpc) is 2.83. The molecule has 0 fully saturated rings. The van der Waals surface area contributed by atoms with E-state index in [0.717, 1.165) is 17.9 Å². The van der Waals surface area contributed by atoms with Crippen molar-refractivity contribution in [1.29, 1.82) is 0 Å². The molecule has 0 spiro atoms. The molecule has 1 heterocycles. The Morgan fingerprint density at radius 3 is 2.62 bits per heavy atom. The Kier molecular flexibility index (Phi) is 3.14. The second-order valence-corrected chi connectivity index (χ2v) is 3.59. The van der Waals surface area contributed by atoms with Gasteiger partial charge in [-0.2, -0.15) is 0 Å². The van der Waals surface area contributed by atoms with Gasteiger partial charge in [0.1, 0.15) is 12.1 Å². The number of rotatable bonds is 4. The van der Waals surface area contributed by atoms with E-state index in [1.54, 1.807) is 11.0 Å². The second kappa shape index (κ2) is 4.74. The van der Waals surface area contributed by atoms with Crippen molar-refractivity contribution in [2.45, 2.75) is 26.4 Å². The van der Waals surface area contributed by atoms with Crippen molar-refractivity contribution in [3.05, 3.63) is 30.6 Å². The van der Waals surface area contributed by atoms with Gasteiger partial charge in [0.15, 0.2) is 0 Å². The lowest BCUT2D eigenvalue weighted by Gasteiger charge is -2.12. The smallest absolute Gasteiger partial charge is 0.143 e. The highest BCUT2D eigenvalue weighted by Crippen LogP contribution is 2.16. The Morgan fingerprint density at radius 2 is 2.06 bits per heavy atom. The van der Waals surface area contributed by atoms with Crippen molar-refractivity contribution in [3.8, 4) is 11.4 Å². The minimum absolute atomic E-state index is 0.235. The second-order valence-electron chi connectivity index (χ2n) is 3.59. The molecule has 0 aliphatic rings. The zero-order valence-corrected chi connectivity index (χ0v) is 9.37. The van der Waals surface area contributed by atoms with Crippen molar-refractivity contribution < 1.29 is 4.74 Å². The first-order valence-electron chi connectivity index (χ1n) is 5.29. The van der Waals surface area contributed by atoms with E-state index in [9.17, 15) is 0 Å². The summed E-state index contributed by atoms with van der Waals surface area (Å²) in [5.41, 5.74) is 0.918. The molecule has 1 unspecified atom stereocenters. The highest BCUT2D eigenvalue weighted by Gasteiger charge is 2.02. The molecular weight excluding hydrogens is 204 g/mol. The predicted molar refractivity (Wildman–Crippen MR) is 59.5 cm³/mol. The van der Waals surface area contributed by atoms with E-state index in [4.69, 9.17) is 4.74 Å². The van der Waals surface area contributed by atoms with Crippen LogP contribution in [0.4, 0.5) is 0 Å². The van der Waals surface area contributed by atoms with E-state index in [-0.39, 0.29) is 6.10 Å². The Labute approximate surface area is 94.0 Å². The Bertz CT molecular complexity index is 424. The number of aromatic nitrogens is 4. The normalized spacial score (nSPS) is 12.4. The van der Waals surface area contributed by atoms with Crippen LogP contribution in [-0.4, -0.2) is 26.3 Å². The zero-order valence-electron chi connectivity index (χ0n) is 9.37. The summed E-state index contributed by atoms with van der Waals surface area (Å²) in [6.07, 6.45) is 2.79. The molecule has 0 bridgehead atoms. The van der Waals surface area contributed by atoms with Crippen molar-refractivity contribution in [2.24, 2.45) is 0 Å². The fraction of sp³-hybridized carbons (Fsp3) is 0.364. The third-order valence-corrected chi connectivity index (χ3v) is 2.36. The van der Waals surface area contributed by atoms with Crippen LogP contribution in [-0.2, 0) is 0 Å². The number of benzene rings is 1. The molecular formula is C11H14N4O. The zero-order chi connectivity index (χ0) is 11.4. The molecule has 0 saturated heterocycles. The topological polar surface area (TPSA) is 52.8 Å². The summed E-state index contributed by atoms with van der Waals surface area (Å²) in [4.78, 5) is 0. The summed E-state index contributed by atoms with van der Waals surface area (Å²) < 4.78 is 7.28. The fourth-order valence-electron chi connectivity index (χ4n) is 1.27. The monoisotopic (exact) mass is 218 g/mol. The van der Waals surface area contributed by atoms with Gasteiger partial charge in [0.05, 0.1) is 11.8 Å². The molecule has 0 aliphatic carbocycles. The van der Waals surface area contributed by atoms with E-state index >= 15 is 0 Å². The minimum atomic E-state index is 0.235. The standard InChI is InChI=1S/C11H14N4O/c1-3-9(2)16-11-6-4-10(5-7-11)15-8-12-13-14-15/h4-9H,3H2,1-2H3. The molecule has 0 saturated carbocycles. The van der Waals surface area contributed by atoms with Crippen LogP contribution in [0.15, 0.2) is 30.6 Å². The SMILES string of the molecule is CCC(C)Oc1ccc(-n2cnnn2)cc1. The van der Waals surface area contributed by atoms with Gasteiger partial charge < -0.3 is 4.74 Å². The molecule has 2 rings (SSSR count). The first-order valence-corrected chi connectivity index (χ1v) is 5.29. The highest BCUT2D eigenvalue weighted by atomic mass is 16.5. The minimum Gasteiger partial charge on any atom is -0.491 e. The van der Waals surface area contributed by atoms with Crippen LogP contribution in [0.3, 0.4) is 0 Å². The first-order chi connectivity index (χ1) is 7.79. The van der Waals surface area contributed by atoms with Crippen LogP contribution in [0.1, 0.15) is 20.3 Å². The van der Waals surface area contributed by atoms with Gasteiger partial charge in [-0.1, -0.05) is 6.92 Å². The molecule has 1 atom stereocenters. The summed E-state index contributed by atoms with van der Waals surface area (Å²) in [6.45, 7) is 4.15. The number of hydrogen-bond acceptors (Lipinski definition) is 4. The van der Waals surface area contributed by atoms with Crippen LogP contribution in [0.5, 0.6) is 5.75 Å². The third-order valence-electron chi connectivity index (χ3n) is 2.36.